The normalized spacial score (nSPS) is 13.3. The maximum Gasteiger partial charge on any atom is 0.332 e. The summed E-state index contributed by atoms with van der Waals surface area (Å²) in [7, 11) is -1.46. The molecule has 124 valence electrons. The van der Waals surface area contributed by atoms with Crippen molar-refractivity contribution in [3.63, 3.8) is 0 Å². The third-order valence-electron chi connectivity index (χ3n) is 2.64. The van der Waals surface area contributed by atoms with Gasteiger partial charge in [0, 0.05) is 12.6 Å². The largest absolute Gasteiger partial charge is 0.458 e. The second-order valence-electron chi connectivity index (χ2n) is 7.49. The smallest absolute Gasteiger partial charge is 0.332 e. The monoisotopic (exact) mass is 329 g/mol. The summed E-state index contributed by atoms with van der Waals surface area (Å²) in [5, 5.41) is 0. The van der Waals surface area contributed by atoms with Gasteiger partial charge in [0.25, 0.3) is 0 Å². The van der Waals surface area contributed by atoms with Crippen LogP contribution in [0.4, 0.5) is 0 Å². The minimum Gasteiger partial charge on any atom is -0.458 e. The fourth-order valence-corrected chi connectivity index (χ4v) is 2.33. The molecule has 1 aromatic rings. The van der Waals surface area contributed by atoms with Gasteiger partial charge in [-0.1, -0.05) is 50.0 Å². The van der Waals surface area contributed by atoms with E-state index in [9.17, 15) is 4.79 Å². The van der Waals surface area contributed by atoms with Crippen LogP contribution in [0.2, 0.25) is 19.6 Å². The van der Waals surface area contributed by atoms with E-state index in [2.05, 4.69) is 36.1 Å². The summed E-state index contributed by atoms with van der Waals surface area (Å²) >= 11 is 0. The van der Waals surface area contributed by atoms with Gasteiger partial charge in [0.05, 0.1) is 0 Å². The molecule has 0 unspecified atom stereocenters. The van der Waals surface area contributed by atoms with Crippen LogP contribution in [-0.2, 0) is 9.53 Å². The van der Waals surface area contributed by atoms with Crippen molar-refractivity contribution in [1.82, 2.24) is 0 Å². The van der Waals surface area contributed by atoms with Crippen LogP contribution in [0.5, 0.6) is 0 Å². The van der Waals surface area contributed by atoms with Crippen LogP contribution >= 0.6 is 0 Å². The van der Waals surface area contributed by atoms with Crippen molar-refractivity contribution in [1.29, 1.82) is 0 Å². The Morgan fingerprint density at radius 2 is 1.87 bits per heavy atom. The second-order valence-corrected chi connectivity index (χ2v) is 12.2. The molecule has 0 aliphatic carbocycles. The van der Waals surface area contributed by atoms with Crippen molar-refractivity contribution in [3.8, 4) is 11.5 Å². The molecule has 0 N–H and O–H groups in total. The van der Waals surface area contributed by atoms with E-state index in [0.29, 0.717) is 6.42 Å². The summed E-state index contributed by atoms with van der Waals surface area (Å²) in [6.45, 7) is 12.1. The number of ether oxygens (including phenoxy) is 1. The minimum absolute atomic E-state index is 0.324. The number of aliphatic imine (C=N–C) groups is 1. The highest BCUT2D eigenvalue weighted by Crippen LogP contribution is 2.12. The summed E-state index contributed by atoms with van der Waals surface area (Å²) in [6.07, 6.45) is 2.10. The molecule has 0 saturated carbocycles. The molecule has 1 aromatic carbocycles. The van der Waals surface area contributed by atoms with E-state index in [1.54, 1.807) is 6.21 Å². The van der Waals surface area contributed by atoms with Crippen molar-refractivity contribution >= 4 is 20.3 Å². The van der Waals surface area contributed by atoms with E-state index < -0.39 is 19.7 Å². The Morgan fingerprint density at radius 1 is 1.26 bits per heavy atom. The lowest BCUT2D eigenvalue weighted by molar-refractivity contribution is -0.156. The molecule has 0 radical (unpaired) electrons. The number of esters is 1. The van der Waals surface area contributed by atoms with Crippen LogP contribution in [-0.4, -0.2) is 31.9 Å². The lowest BCUT2D eigenvalue weighted by Gasteiger charge is -2.21. The van der Waals surface area contributed by atoms with Crippen molar-refractivity contribution < 1.29 is 9.53 Å². The van der Waals surface area contributed by atoms with Gasteiger partial charge in [0.2, 0.25) is 0 Å². The average Bonchev–Trinajstić information content (AvgIpc) is 2.40. The molecule has 0 amide bonds. The van der Waals surface area contributed by atoms with Gasteiger partial charge in [0.15, 0.2) is 6.04 Å². The number of carbonyl (C=O) groups is 1. The predicted molar refractivity (Wildman–Crippen MR) is 99.4 cm³/mol. The summed E-state index contributed by atoms with van der Waals surface area (Å²) in [6, 6.07) is 9.14. The maximum absolute atomic E-state index is 12.3. The fourth-order valence-electron chi connectivity index (χ4n) is 1.69. The lowest BCUT2D eigenvalue weighted by atomic mass is 10.1. The molecular weight excluding hydrogens is 302 g/mol. The molecule has 0 heterocycles. The Morgan fingerprint density at radius 3 is 2.39 bits per heavy atom. The molecule has 1 rings (SSSR count). The van der Waals surface area contributed by atoms with E-state index in [4.69, 9.17) is 4.74 Å². The number of nitrogens with zero attached hydrogens (tertiary/aromatic N) is 1. The van der Waals surface area contributed by atoms with Crippen LogP contribution in [0.3, 0.4) is 0 Å². The van der Waals surface area contributed by atoms with E-state index in [1.807, 2.05) is 51.1 Å². The van der Waals surface area contributed by atoms with Gasteiger partial charge in [-0.2, -0.15) is 0 Å². The molecule has 23 heavy (non-hydrogen) atoms. The Hall–Kier alpha value is -1.86. The van der Waals surface area contributed by atoms with E-state index in [1.165, 1.54) is 0 Å². The summed E-state index contributed by atoms with van der Waals surface area (Å²) in [5.74, 6) is 2.80. The Balaban J connectivity index is 2.89. The Labute approximate surface area is 141 Å². The Kier molecular flexibility index (Phi) is 6.77. The molecule has 0 fully saturated rings. The maximum atomic E-state index is 12.3. The van der Waals surface area contributed by atoms with Gasteiger partial charge in [0.1, 0.15) is 13.7 Å². The number of rotatable bonds is 4. The first-order valence-corrected chi connectivity index (χ1v) is 11.4. The zero-order valence-corrected chi connectivity index (χ0v) is 16.0. The van der Waals surface area contributed by atoms with Crippen LogP contribution in [0.15, 0.2) is 35.3 Å². The third-order valence-corrected chi connectivity index (χ3v) is 3.57. The van der Waals surface area contributed by atoms with Gasteiger partial charge in [-0.05, 0) is 26.3 Å². The molecule has 0 saturated heterocycles. The van der Waals surface area contributed by atoms with E-state index >= 15 is 0 Å². The van der Waals surface area contributed by atoms with E-state index in [-0.39, 0.29) is 5.97 Å². The zero-order chi connectivity index (χ0) is 17.5. The predicted octanol–water partition coefficient (Wildman–Crippen LogP) is 4.09. The number of hydrogen-bond acceptors (Lipinski definition) is 3. The number of hydrogen-bond donors (Lipinski definition) is 0. The minimum atomic E-state index is -1.46. The quantitative estimate of drug-likeness (QED) is 0.361. The van der Waals surface area contributed by atoms with Crippen LogP contribution in [0.1, 0.15) is 32.8 Å². The molecule has 1 atom stereocenters. The van der Waals surface area contributed by atoms with Crippen molar-refractivity contribution in [2.24, 2.45) is 4.99 Å². The van der Waals surface area contributed by atoms with Gasteiger partial charge >= 0.3 is 5.97 Å². The Bertz CT molecular complexity index is 598. The summed E-state index contributed by atoms with van der Waals surface area (Å²) in [5.41, 5.74) is 3.71. The van der Waals surface area contributed by atoms with Crippen LogP contribution in [0.25, 0.3) is 0 Å². The molecule has 4 heteroatoms. The van der Waals surface area contributed by atoms with E-state index in [0.717, 1.165) is 5.56 Å². The van der Waals surface area contributed by atoms with Gasteiger partial charge in [-0.3, -0.25) is 4.99 Å². The zero-order valence-electron chi connectivity index (χ0n) is 15.0. The standard InChI is InChI=1S/C19H27NO2Si/c1-19(2,3)22-18(21)17(13-10-14-23(4,5)6)20-15-16-11-8-7-9-12-16/h7-9,11-12,15,17H,13H2,1-6H3/t17-/m0/s1. The van der Waals surface area contributed by atoms with Crippen LogP contribution < -0.4 is 0 Å². The van der Waals surface area contributed by atoms with Gasteiger partial charge < -0.3 is 4.74 Å². The molecule has 0 aliphatic heterocycles. The average molecular weight is 330 g/mol. The molecule has 3 nitrogen and oxygen atoms in total. The molecule has 0 aromatic heterocycles. The number of carbonyl (C=O) groups excluding carboxylic acids is 1. The third kappa shape index (κ3) is 8.99. The highest BCUT2D eigenvalue weighted by Gasteiger charge is 2.23. The van der Waals surface area contributed by atoms with Crippen molar-refractivity contribution in [2.45, 2.75) is 58.5 Å². The summed E-state index contributed by atoms with van der Waals surface area (Å²) < 4.78 is 5.46. The topological polar surface area (TPSA) is 38.7 Å². The van der Waals surface area contributed by atoms with Crippen LogP contribution in [0, 0.1) is 11.5 Å². The first-order chi connectivity index (χ1) is 10.6. The lowest BCUT2D eigenvalue weighted by Crippen LogP contribution is -2.31. The first kappa shape index (κ1) is 19.2. The van der Waals surface area contributed by atoms with Gasteiger partial charge in [-0.15, -0.1) is 11.5 Å². The fraction of sp³-hybridized carbons (Fsp3) is 0.474. The number of benzene rings is 1. The highest BCUT2D eigenvalue weighted by molar-refractivity contribution is 6.83. The summed E-state index contributed by atoms with van der Waals surface area (Å²) in [4.78, 5) is 16.8. The first-order valence-electron chi connectivity index (χ1n) is 7.88. The molecule has 0 spiro atoms. The molecule has 0 aliphatic rings. The van der Waals surface area contributed by atoms with Crippen molar-refractivity contribution in [2.75, 3.05) is 0 Å². The second kappa shape index (κ2) is 8.12. The van der Waals surface area contributed by atoms with Crippen molar-refractivity contribution in [3.05, 3.63) is 35.9 Å². The molecule has 0 bridgehead atoms. The van der Waals surface area contributed by atoms with Gasteiger partial charge in [-0.25, -0.2) is 4.79 Å². The highest BCUT2D eigenvalue weighted by atomic mass is 28.3. The SMILES string of the molecule is CC(C)(C)OC(=O)[C@H](CC#C[Si](C)(C)C)N=Cc1ccccc1. The molecular formula is C19H27NO2Si.